The number of aromatic nitrogens is 2. The molecule has 2 aromatic carbocycles. The lowest BCUT2D eigenvalue weighted by Crippen LogP contribution is -3.00. The van der Waals surface area contributed by atoms with Gasteiger partial charge in [0.2, 0.25) is 0 Å². The van der Waals surface area contributed by atoms with Gasteiger partial charge in [-0.3, -0.25) is 0 Å². The number of aryl methyl sites for hydroxylation is 1. The summed E-state index contributed by atoms with van der Waals surface area (Å²) in [6, 6.07) is 14.6. The number of nitrogens with zero attached hydrogens (tertiary/aromatic N) is 2. The summed E-state index contributed by atoms with van der Waals surface area (Å²) in [5.74, 6) is 1.39. The molecular weight excluding hydrogens is 375 g/mol. The van der Waals surface area contributed by atoms with Gasteiger partial charge in [-0.15, -0.1) is 0 Å². The van der Waals surface area contributed by atoms with E-state index in [2.05, 4.69) is 46.5 Å². The zero-order valence-corrected chi connectivity index (χ0v) is 16.2. The van der Waals surface area contributed by atoms with Crippen LogP contribution in [-0.2, 0) is 19.5 Å². The Labute approximate surface area is 164 Å². The average molecular weight is 394 g/mol. The Morgan fingerprint density at radius 1 is 1.04 bits per heavy atom. The molecule has 2 heterocycles. The lowest BCUT2D eigenvalue weighted by atomic mass is 10.1. The van der Waals surface area contributed by atoms with E-state index in [1.165, 1.54) is 29.1 Å². The Morgan fingerprint density at radius 2 is 1.80 bits per heavy atom. The molecule has 1 aliphatic rings. The van der Waals surface area contributed by atoms with Crippen LogP contribution in [0.15, 0.2) is 48.7 Å². The highest BCUT2D eigenvalue weighted by Crippen LogP contribution is 2.30. The van der Waals surface area contributed by atoms with Crippen molar-refractivity contribution >= 4 is 23.2 Å². The largest absolute Gasteiger partial charge is 1.00 e. The third kappa shape index (κ3) is 3.57. The molecule has 0 N–H and O–H groups in total. The summed E-state index contributed by atoms with van der Waals surface area (Å²) in [4.78, 5) is 0. The first kappa shape index (κ1) is 18.3. The van der Waals surface area contributed by atoms with Crippen LogP contribution in [0.5, 0.6) is 0 Å². The predicted octanol–water partition coefficient (Wildman–Crippen LogP) is 2.06. The molecule has 0 aliphatic carbocycles. The van der Waals surface area contributed by atoms with Crippen LogP contribution < -0.4 is 17.0 Å². The first-order valence-corrected chi connectivity index (χ1v) is 9.00. The van der Waals surface area contributed by atoms with Crippen LogP contribution in [0.4, 0.5) is 0 Å². The number of fused-ring (bicyclic) bond motifs is 1. The fraction of sp³-hybridized carbons (Fsp3) is 0.250. The van der Waals surface area contributed by atoms with Crippen molar-refractivity contribution in [2.75, 3.05) is 0 Å². The fourth-order valence-corrected chi connectivity index (χ4v) is 3.72. The van der Waals surface area contributed by atoms with Crippen LogP contribution in [-0.4, -0.2) is 4.57 Å². The topological polar surface area (TPSA) is 8.81 Å². The Hall–Kier alpha value is -1.48. The molecule has 3 aromatic rings. The van der Waals surface area contributed by atoms with Crippen LogP contribution in [0, 0.1) is 6.92 Å². The summed E-state index contributed by atoms with van der Waals surface area (Å²) >= 11 is 12.3. The predicted molar refractivity (Wildman–Crippen MR) is 98.7 cm³/mol. The van der Waals surface area contributed by atoms with Gasteiger partial charge in [-0.05, 0) is 37.1 Å². The fourth-order valence-electron chi connectivity index (χ4n) is 3.42. The van der Waals surface area contributed by atoms with Crippen LogP contribution in [0.3, 0.4) is 0 Å². The van der Waals surface area contributed by atoms with Gasteiger partial charge >= 0.3 is 0 Å². The summed E-state index contributed by atoms with van der Waals surface area (Å²) in [5, 5.41) is 1.20. The highest BCUT2D eigenvalue weighted by molar-refractivity contribution is 6.42. The van der Waals surface area contributed by atoms with Crippen molar-refractivity contribution in [3.63, 3.8) is 0 Å². The van der Waals surface area contributed by atoms with E-state index in [4.69, 9.17) is 23.2 Å². The van der Waals surface area contributed by atoms with E-state index < -0.39 is 0 Å². The number of halogens is 3. The lowest BCUT2D eigenvalue weighted by molar-refractivity contribution is -0.694. The molecule has 130 valence electrons. The molecule has 0 unspecified atom stereocenters. The zero-order valence-electron chi connectivity index (χ0n) is 14.0. The standard InChI is InChI=1S/C20H19Cl2N2.ClH/c1-14-4-6-15(7-5-14)12-23-13-19(24-10-2-3-20(23)24)16-8-9-17(21)18(22)11-16;/h4-9,11,13H,2-3,10,12H2,1H3;1H/q+1;/p-1. The minimum Gasteiger partial charge on any atom is -1.00 e. The Bertz CT molecular complexity index is 898. The molecule has 0 saturated carbocycles. The second-order valence-corrected chi connectivity index (χ2v) is 7.24. The van der Waals surface area contributed by atoms with E-state index >= 15 is 0 Å². The monoisotopic (exact) mass is 392 g/mol. The quantitative estimate of drug-likeness (QED) is 0.602. The Morgan fingerprint density at radius 3 is 2.52 bits per heavy atom. The van der Waals surface area contributed by atoms with Gasteiger partial charge < -0.3 is 12.4 Å². The second-order valence-electron chi connectivity index (χ2n) is 6.43. The molecule has 0 amide bonds. The number of rotatable bonds is 3. The number of hydrogen-bond donors (Lipinski definition) is 0. The SMILES string of the molecule is Cc1ccc(C[n+]2cc(-c3ccc(Cl)c(Cl)c3)n3c2CCC3)cc1.[Cl-]. The van der Waals surface area contributed by atoms with Gasteiger partial charge in [0, 0.05) is 5.56 Å². The maximum atomic E-state index is 6.22. The van der Waals surface area contributed by atoms with E-state index in [1.54, 1.807) is 0 Å². The van der Waals surface area contributed by atoms with Gasteiger partial charge in [0.1, 0.15) is 12.7 Å². The average Bonchev–Trinajstić information content (AvgIpc) is 3.16. The smallest absolute Gasteiger partial charge is 0.257 e. The highest BCUT2D eigenvalue weighted by Gasteiger charge is 2.28. The van der Waals surface area contributed by atoms with Crippen LogP contribution in [0.1, 0.15) is 23.4 Å². The maximum absolute atomic E-state index is 6.22. The van der Waals surface area contributed by atoms with Crippen molar-refractivity contribution in [3.8, 4) is 11.3 Å². The summed E-state index contributed by atoms with van der Waals surface area (Å²) in [6.07, 6.45) is 4.56. The van der Waals surface area contributed by atoms with Crippen molar-refractivity contribution in [1.82, 2.24) is 4.57 Å². The molecule has 2 nitrogen and oxygen atoms in total. The first-order valence-electron chi connectivity index (χ1n) is 8.24. The molecule has 0 radical (unpaired) electrons. The van der Waals surface area contributed by atoms with Gasteiger partial charge in [-0.1, -0.05) is 53.0 Å². The summed E-state index contributed by atoms with van der Waals surface area (Å²) in [5.41, 5.74) is 4.96. The summed E-state index contributed by atoms with van der Waals surface area (Å²) < 4.78 is 4.78. The van der Waals surface area contributed by atoms with Crippen molar-refractivity contribution in [3.05, 3.63) is 75.7 Å². The van der Waals surface area contributed by atoms with Crippen LogP contribution in [0.2, 0.25) is 10.0 Å². The molecular formula is C20H19Cl3N2. The van der Waals surface area contributed by atoms with E-state index in [9.17, 15) is 0 Å². The molecule has 0 bridgehead atoms. The van der Waals surface area contributed by atoms with Gasteiger partial charge in [0.15, 0.2) is 5.69 Å². The number of imidazole rings is 1. The van der Waals surface area contributed by atoms with Crippen molar-refractivity contribution in [1.29, 1.82) is 0 Å². The van der Waals surface area contributed by atoms with Crippen LogP contribution in [0.25, 0.3) is 11.3 Å². The van der Waals surface area contributed by atoms with Gasteiger partial charge in [0.25, 0.3) is 5.82 Å². The molecule has 25 heavy (non-hydrogen) atoms. The first-order chi connectivity index (χ1) is 11.6. The van der Waals surface area contributed by atoms with Crippen molar-refractivity contribution < 1.29 is 17.0 Å². The number of benzene rings is 2. The molecule has 0 spiro atoms. The zero-order chi connectivity index (χ0) is 16.7. The van der Waals surface area contributed by atoms with E-state index in [0.29, 0.717) is 10.0 Å². The normalized spacial score (nSPS) is 12.8. The van der Waals surface area contributed by atoms with E-state index in [1.807, 2.05) is 18.2 Å². The van der Waals surface area contributed by atoms with E-state index in [0.717, 1.165) is 25.1 Å². The van der Waals surface area contributed by atoms with Gasteiger partial charge in [0.05, 0.1) is 23.0 Å². The third-order valence-corrected chi connectivity index (χ3v) is 5.42. The maximum Gasteiger partial charge on any atom is 0.257 e. The Balaban J connectivity index is 0.00000182. The minimum absolute atomic E-state index is 0. The summed E-state index contributed by atoms with van der Waals surface area (Å²) in [7, 11) is 0. The highest BCUT2D eigenvalue weighted by atomic mass is 35.5. The van der Waals surface area contributed by atoms with Crippen molar-refractivity contribution in [2.24, 2.45) is 0 Å². The third-order valence-electron chi connectivity index (χ3n) is 4.68. The number of hydrogen-bond acceptors (Lipinski definition) is 0. The minimum atomic E-state index is 0. The molecule has 0 saturated heterocycles. The Kier molecular flexibility index (Phi) is 5.43. The van der Waals surface area contributed by atoms with Crippen molar-refractivity contribution in [2.45, 2.75) is 32.9 Å². The molecule has 5 heteroatoms. The van der Waals surface area contributed by atoms with Gasteiger partial charge in [-0.25, -0.2) is 9.13 Å². The molecule has 0 atom stereocenters. The molecule has 1 aromatic heterocycles. The molecule has 1 aliphatic heterocycles. The summed E-state index contributed by atoms with van der Waals surface area (Å²) in [6.45, 7) is 4.08. The second kappa shape index (κ2) is 7.41. The lowest BCUT2D eigenvalue weighted by Gasteiger charge is -2.01. The molecule has 0 fully saturated rings. The van der Waals surface area contributed by atoms with E-state index in [-0.39, 0.29) is 12.4 Å². The van der Waals surface area contributed by atoms with Gasteiger partial charge in [-0.2, -0.15) is 0 Å². The van der Waals surface area contributed by atoms with Crippen LogP contribution >= 0.6 is 23.2 Å². The molecule has 4 rings (SSSR count).